The van der Waals surface area contributed by atoms with Crippen molar-refractivity contribution in [3.8, 4) is 22.6 Å². The van der Waals surface area contributed by atoms with Crippen LogP contribution >= 0.6 is 0 Å². The first kappa shape index (κ1) is 18.9. The zero-order chi connectivity index (χ0) is 21.4. The molecule has 0 atom stereocenters. The molecule has 10 heteroatoms. The number of anilines is 1. The Hall–Kier alpha value is -4.05. The van der Waals surface area contributed by atoms with Crippen LogP contribution in [0.15, 0.2) is 82.7 Å². The fourth-order valence-electron chi connectivity index (χ4n) is 3.19. The number of benzene rings is 1. The molecule has 0 saturated carbocycles. The molecular weight excluding hydrogens is 416 g/mol. The van der Waals surface area contributed by atoms with Crippen LogP contribution in [0.5, 0.6) is 0 Å². The average Bonchev–Trinajstić information content (AvgIpc) is 3.39. The van der Waals surface area contributed by atoms with Gasteiger partial charge < -0.3 is 4.52 Å². The van der Waals surface area contributed by atoms with Crippen LogP contribution in [0.25, 0.3) is 28.3 Å². The lowest BCUT2D eigenvalue weighted by Gasteiger charge is -2.10. The summed E-state index contributed by atoms with van der Waals surface area (Å²) in [5.74, 6) is 0.897. The Morgan fingerprint density at radius 3 is 2.61 bits per heavy atom. The summed E-state index contributed by atoms with van der Waals surface area (Å²) in [6.07, 6.45) is 6.67. The summed E-state index contributed by atoms with van der Waals surface area (Å²) >= 11 is 0. The number of sulfonamides is 1. The lowest BCUT2D eigenvalue weighted by Crippen LogP contribution is -2.13. The summed E-state index contributed by atoms with van der Waals surface area (Å²) < 4.78 is 34.7. The summed E-state index contributed by atoms with van der Waals surface area (Å²) in [7, 11) is -3.71. The van der Waals surface area contributed by atoms with Crippen molar-refractivity contribution in [3.05, 3.63) is 79.2 Å². The molecule has 154 valence electrons. The number of nitrogens with one attached hydrogen (secondary N) is 1. The van der Waals surface area contributed by atoms with Gasteiger partial charge >= 0.3 is 0 Å². The molecule has 9 nitrogen and oxygen atoms in total. The Kier molecular flexibility index (Phi) is 4.48. The first-order valence-electron chi connectivity index (χ1n) is 9.31. The van der Waals surface area contributed by atoms with Crippen LogP contribution in [0, 0.1) is 6.92 Å². The summed E-state index contributed by atoms with van der Waals surface area (Å²) in [6.45, 7) is 1.72. The fourth-order valence-corrected chi connectivity index (χ4v) is 4.24. The highest BCUT2D eigenvalue weighted by molar-refractivity contribution is 7.92. The van der Waals surface area contributed by atoms with Crippen molar-refractivity contribution in [2.24, 2.45) is 0 Å². The number of aromatic nitrogens is 5. The molecule has 1 aromatic carbocycles. The summed E-state index contributed by atoms with van der Waals surface area (Å²) in [4.78, 5) is 13.0. The molecule has 31 heavy (non-hydrogen) atoms. The van der Waals surface area contributed by atoms with Crippen LogP contribution in [0.1, 0.15) is 5.89 Å². The van der Waals surface area contributed by atoms with Crippen molar-refractivity contribution in [1.82, 2.24) is 24.5 Å². The number of aryl methyl sites for hydroxylation is 1. The van der Waals surface area contributed by atoms with E-state index in [1.54, 1.807) is 43.6 Å². The van der Waals surface area contributed by atoms with Gasteiger partial charge in [-0.05, 0) is 30.3 Å². The molecular formula is C21H16N6O3S. The first-order valence-corrected chi connectivity index (χ1v) is 10.8. The molecule has 5 aromatic rings. The quantitative estimate of drug-likeness (QED) is 0.451. The second kappa shape index (κ2) is 7.33. The second-order valence-electron chi connectivity index (χ2n) is 6.81. The number of nitrogens with zero attached hydrogens (tertiary/aromatic N) is 5. The van der Waals surface area contributed by atoms with Crippen molar-refractivity contribution in [2.45, 2.75) is 11.8 Å². The predicted molar refractivity (Wildman–Crippen MR) is 114 cm³/mol. The van der Waals surface area contributed by atoms with Gasteiger partial charge in [0.05, 0.1) is 23.0 Å². The Morgan fingerprint density at radius 2 is 1.84 bits per heavy atom. The monoisotopic (exact) mass is 432 g/mol. The van der Waals surface area contributed by atoms with Crippen molar-refractivity contribution in [2.75, 3.05) is 4.72 Å². The number of pyridine rings is 2. The minimum absolute atomic E-state index is 0.181. The maximum absolute atomic E-state index is 12.6. The van der Waals surface area contributed by atoms with Gasteiger partial charge in [0.15, 0.2) is 0 Å². The van der Waals surface area contributed by atoms with E-state index in [4.69, 9.17) is 4.52 Å². The average molecular weight is 432 g/mol. The maximum Gasteiger partial charge on any atom is 0.261 e. The SMILES string of the molecule is Cc1nc(-c2cnc3ccc(-c4cncc(NS(=O)(=O)c5ccccc5)c4)cn23)no1. The number of fused-ring (bicyclic) bond motifs is 1. The van der Waals surface area contributed by atoms with Crippen LogP contribution in [0.2, 0.25) is 0 Å². The lowest BCUT2D eigenvalue weighted by atomic mass is 10.1. The lowest BCUT2D eigenvalue weighted by molar-refractivity contribution is 0.394. The Morgan fingerprint density at radius 1 is 1.00 bits per heavy atom. The van der Waals surface area contributed by atoms with E-state index in [9.17, 15) is 8.42 Å². The number of hydrogen-bond acceptors (Lipinski definition) is 7. The molecule has 0 aliphatic carbocycles. The van der Waals surface area contributed by atoms with Crippen LogP contribution in [0.3, 0.4) is 0 Å². The van der Waals surface area contributed by atoms with E-state index in [1.165, 1.54) is 18.3 Å². The molecule has 5 rings (SSSR count). The minimum atomic E-state index is -3.71. The minimum Gasteiger partial charge on any atom is -0.339 e. The Labute approximate surface area is 177 Å². The zero-order valence-electron chi connectivity index (χ0n) is 16.3. The van der Waals surface area contributed by atoms with Crippen LogP contribution in [-0.2, 0) is 10.0 Å². The number of hydrogen-bond donors (Lipinski definition) is 1. The summed E-state index contributed by atoms with van der Waals surface area (Å²) in [5.41, 5.74) is 3.32. The number of rotatable bonds is 5. The van der Waals surface area contributed by atoms with Gasteiger partial charge in [-0.15, -0.1) is 0 Å². The second-order valence-corrected chi connectivity index (χ2v) is 8.49. The van der Waals surface area contributed by atoms with Gasteiger partial charge in [-0.2, -0.15) is 4.98 Å². The predicted octanol–water partition coefficient (Wildman–Crippen LogP) is 3.56. The maximum atomic E-state index is 12.6. The highest BCUT2D eigenvalue weighted by Crippen LogP contribution is 2.26. The van der Waals surface area contributed by atoms with Crippen LogP contribution in [-0.4, -0.2) is 32.9 Å². The molecule has 1 N–H and O–H groups in total. The van der Waals surface area contributed by atoms with Gasteiger partial charge in [-0.3, -0.25) is 14.1 Å². The molecule has 0 amide bonds. The Bertz CT molecular complexity index is 1490. The normalized spacial score (nSPS) is 11.6. The molecule has 4 aromatic heterocycles. The molecule has 0 radical (unpaired) electrons. The van der Waals surface area contributed by atoms with Crippen molar-refractivity contribution >= 4 is 21.4 Å². The Balaban J connectivity index is 1.51. The molecule has 0 bridgehead atoms. The highest BCUT2D eigenvalue weighted by atomic mass is 32.2. The van der Waals surface area contributed by atoms with Gasteiger partial charge in [-0.25, -0.2) is 13.4 Å². The zero-order valence-corrected chi connectivity index (χ0v) is 17.1. The van der Waals surface area contributed by atoms with Gasteiger partial charge in [-0.1, -0.05) is 23.4 Å². The standard InChI is InChI=1S/C21H16N6O3S/c1-14-24-21(25-30-14)19-12-23-20-8-7-15(13-27(19)20)16-9-17(11-22-10-16)26-31(28,29)18-5-3-2-4-6-18/h2-13,26H,1H3. The van der Waals surface area contributed by atoms with Crippen molar-refractivity contribution < 1.29 is 12.9 Å². The van der Waals surface area contributed by atoms with Gasteiger partial charge in [0.1, 0.15) is 11.3 Å². The van der Waals surface area contributed by atoms with Crippen LogP contribution in [0.4, 0.5) is 5.69 Å². The van der Waals surface area contributed by atoms with Gasteiger partial charge in [0.2, 0.25) is 11.7 Å². The van der Waals surface area contributed by atoms with Gasteiger partial charge in [0, 0.05) is 30.4 Å². The highest BCUT2D eigenvalue weighted by Gasteiger charge is 2.15. The third kappa shape index (κ3) is 3.64. The number of imidazole rings is 1. The van der Waals surface area contributed by atoms with E-state index < -0.39 is 10.0 Å². The molecule has 4 heterocycles. The molecule has 0 aliphatic rings. The van der Waals surface area contributed by atoms with E-state index in [0.717, 1.165) is 16.8 Å². The smallest absolute Gasteiger partial charge is 0.261 e. The third-order valence-corrected chi connectivity index (χ3v) is 6.04. The third-order valence-electron chi connectivity index (χ3n) is 4.64. The molecule has 0 unspecified atom stereocenters. The van der Waals surface area contributed by atoms with E-state index in [-0.39, 0.29) is 4.90 Å². The van der Waals surface area contributed by atoms with E-state index in [1.807, 2.05) is 22.7 Å². The van der Waals surface area contributed by atoms with Gasteiger partial charge in [0.25, 0.3) is 10.0 Å². The van der Waals surface area contributed by atoms with E-state index in [2.05, 4.69) is 24.8 Å². The first-order chi connectivity index (χ1) is 15.0. The summed E-state index contributed by atoms with van der Waals surface area (Å²) in [6, 6.07) is 13.6. The van der Waals surface area contributed by atoms with Crippen LogP contribution < -0.4 is 4.72 Å². The molecule has 0 fully saturated rings. The largest absolute Gasteiger partial charge is 0.339 e. The molecule has 0 aliphatic heterocycles. The summed E-state index contributed by atoms with van der Waals surface area (Å²) in [5, 5.41) is 3.96. The fraction of sp³-hybridized carbons (Fsp3) is 0.0476. The molecule has 0 spiro atoms. The van der Waals surface area contributed by atoms with E-state index >= 15 is 0 Å². The van der Waals surface area contributed by atoms with Crippen molar-refractivity contribution in [3.63, 3.8) is 0 Å². The van der Waals surface area contributed by atoms with E-state index in [0.29, 0.717) is 23.1 Å². The van der Waals surface area contributed by atoms with Crippen molar-refractivity contribution in [1.29, 1.82) is 0 Å². The topological polar surface area (TPSA) is 115 Å². The molecule has 0 saturated heterocycles.